The number of esters is 2. The summed E-state index contributed by atoms with van der Waals surface area (Å²) in [4.78, 5) is 36.5. The molecule has 0 unspecified atom stereocenters. The van der Waals surface area contributed by atoms with E-state index >= 15 is 0 Å². The monoisotopic (exact) mass is 399 g/mol. The lowest BCUT2D eigenvalue weighted by atomic mass is 10.1. The van der Waals surface area contributed by atoms with Crippen LogP contribution in [0.2, 0.25) is 0 Å². The molecule has 0 aliphatic heterocycles. The van der Waals surface area contributed by atoms with Crippen molar-refractivity contribution in [3.63, 3.8) is 0 Å². The molecule has 2 aromatic rings. The molecule has 154 valence electrons. The zero-order valence-corrected chi connectivity index (χ0v) is 17.2. The number of anilines is 1. The molecule has 0 heterocycles. The molecule has 0 aliphatic rings. The van der Waals surface area contributed by atoms with E-state index in [0.29, 0.717) is 12.2 Å². The highest BCUT2D eigenvalue weighted by Gasteiger charge is 2.21. The highest BCUT2D eigenvalue weighted by molar-refractivity contribution is 6.00. The van der Waals surface area contributed by atoms with Crippen LogP contribution in [0, 0.1) is 13.8 Å². The quantitative estimate of drug-likeness (QED) is 0.715. The molecule has 1 amide bonds. The molecule has 2 aromatic carbocycles. The van der Waals surface area contributed by atoms with Crippen LogP contribution >= 0.6 is 0 Å². The third kappa shape index (κ3) is 5.57. The Bertz CT molecular complexity index is 887. The van der Waals surface area contributed by atoms with Crippen LogP contribution in [0.5, 0.6) is 5.75 Å². The van der Waals surface area contributed by atoms with E-state index in [1.807, 2.05) is 39.0 Å². The molecule has 1 atom stereocenters. The van der Waals surface area contributed by atoms with Crippen LogP contribution in [0.25, 0.3) is 0 Å². The molecule has 7 nitrogen and oxygen atoms in total. The fourth-order valence-corrected chi connectivity index (χ4v) is 2.67. The van der Waals surface area contributed by atoms with Crippen molar-refractivity contribution in [2.75, 3.05) is 19.5 Å². The van der Waals surface area contributed by atoms with E-state index in [1.54, 1.807) is 0 Å². The average molecular weight is 399 g/mol. The lowest BCUT2D eigenvalue weighted by molar-refractivity contribution is -0.122. The van der Waals surface area contributed by atoms with Gasteiger partial charge in [-0.05, 0) is 61.7 Å². The average Bonchev–Trinajstić information content (AvgIpc) is 2.72. The lowest BCUT2D eigenvalue weighted by Gasteiger charge is -2.18. The number of hydrogen-bond acceptors (Lipinski definition) is 6. The maximum atomic E-state index is 12.7. The van der Waals surface area contributed by atoms with Gasteiger partial charge in [0.1, 0.15) is 5.75 Å². The molecule has 7 heteroatoms. The third-order valence-electron chi connectivity index (χ3n) is 4.46. The van der Waals surface area contributed by atoms with Crippen molar-refractivity contribution in [2.24, 2.45) is 0 Å². The Balaban J connectivity index is 2.25. The molecule has 0 saturated heterocycles. The number of carbonyl (C=O) groups is 3. The van der Waals surface area contributed by atoms with Gasteiger partial charge in [-0.3, -0.25) is 4.79 Å². The maximum absolute atomic E-state index is 12.7. The maximum Gasteiger partial charge on any atom is 0.337 e. The minimum atomic E-state index is -0.750. The normalized spacial score (nSPS) is 11.3. The smallest absolute Gasteiger partial charge is 0.337 e. The summed E-state index contributed by atoms with van der Waals surface area (Å²) >= 11 is 0. The molecule has 0 aromatic heterocycles. The van der Waals surface area contributed by atoms with Gasteiger partial charge in [-0.1, -0.05) is 13.0 Å². The van der Waals surface area contributed by atoms with E-state index < -0.39 is 23.9 Å². The largest absolute Gasteiger partial charge is 0.481 e. The first-order valence-corrected chi connectivity index (χ1v) is 9.15. The Morgan fingerprint density at radius 2 is 1.48 bits per heavy atom. The lowest BCUT2D eigenvalue weighted by Crippen LogP contribution is -2.32. The Morgan fingerprint density at radius 3 is 1.97 bits per heavy atom. The highest BCUT2D eigenvalue weighted by Crippen LogP contribution is 2.21. The number of benzene rings is 2. The minimum absolute atomic E-state index is 0.119. The van der Waals surface area contributed by atoms with Crippen LogP contribution in [-0.4, -0.2) is 38.2 Å². The first-order valence-electron chi connectivity index (χ1n) is 9.15. The zero-order chi connectivity index (χ0) is 21.6. The number of ether oxygens (including phenoxy) is 3. The fourth-order valence-electron chi connectivity index (χ4n) is 2.67. The number of carbonyl (C=O) groups excluding carboxylic acids is 3. The summed E-state index contributed by atoms with van der Waals surface area (Å²) in [5.74, 6) is -1.08. The van der Waals surface area contributed by atoms with Crippen molar-refractivity contribution in [3.05, 3.63) is 58.7 Å². The van der Waals surface area contributed by atoms with Gasteiger partial charge in [-0.15, -0.1) is 0 Å². The molecule has 0 fully saturated rings. The molecule has 1 N–H and O–H groups in total. The SMILES string of the molecule is CC[C@H](Oc1ccc(C)c(C)c1)C(=O)Nc1cc(C(=O)OC)cc(C(=O)OC)c1. The predicted octanol–water partition coefficient (Wildman–Crippen LogP) is 3.67. The summed E-state index contributed by atoms with van der Waals surface area (Å²) in [7, 11) is 2.46. The second-order valence-electron chi connectivity index (χ2n) is 6.53. The second kappa shape index (κ2) is 9.73. The number of hydrogen-bond donors (Lipinski definition) is 1. The van der Waals surface area contributed by atoms with Crippen LogP contribution in [0.4, 0.5) is 5.69 Å². The predicted molar refractivity (Wildman–Crippen MR) is 108 cm³/mol. The Hall–Kier alpha value is -3.35. The Labute approximate surface area is 170 Å². The van der Waals surface area contributed by atoms with Gasteiger partial charge in [-0.2, -0.15) is 0 Å². The van der Waals surface area contributed by atoms with Crippen LogP contribution < -0.4 is 10.1 Å². The minimum Gasteiger partial charge on any atom is -0.481 e. The van der Waals surface area contributed by atoms with Crippen molar-refractivity contribution >= 4 is 23.5 Å². The molecule has 0 spiro atoms. The molecule has 2 rings (SSSR count). The topological polar surface area (TPSA) is 90.9 Å². The number of nitrogens with one attached hydrogen (secondary N) is 1. The van der Waals surface area contributed by atoms with Crippen molar-refractivity contribution in [1.29, 1.82) is 0 Å². The summed E-state index contributed by atoms with van der Waals surface area (Å²) in [6, 6.07) is 9.82. The van der Waals surface area contributed by atoms with Gasteiger partial charge in [0.2, 0.25) is 0 Å². The van der Waals surface area contributed by atoms with Gasteiger partial charge in [0.25, 0.3) is 5.91 Å². The standard InChI is InChI=1S/C22H25NO6/c1-6-19(29-18-8-7-13(2)14(3)9-18)20(24)23-17-11-15(21(25)27-4)10-16(12-17)22(26)28-5/h7-12,19H,6H2,1-5H3,(H,23,24)/t19-/m0/s1. The molecule has 0 radical (unpaired) electrons. The summed E-state index contributed by atoms with van der Waals surface area (Å²) in [5, 5.41) is 2.70. The van der Waals surface area contributed by atoms with Gasteiger partial charge in [-0.25, -0.2) is 9.59 Å². The van der Waals surface area contributed by atoms with E-state index in [4.69, 9.17) is 14.2 Å². The van der Waals surface area contributed by atoms with Gasteiger partial charge >= 0.3 is 11.9 Å². The first-order chi connectivity index (χ1) is 13.8. The van der Waals surface area contributed by atoms with E-state index in [-0.39, 0.29) is 16.8 Å². The van der Waals surface area contributed by atoms with Crippen molar-refractivity contribution in [1.82, 2.24) is 0 Å². The number of amides is 1. The van der Waals surface area contributed by atoms with Gasteiger partial charge in [0, 0.05) is 5.69 Å². The number of aryl methyl sites for hydroxylation is 2. The van der Waals surface area contributed by atoms with E-state index in [2.05, 4.69) is 5.32 Å². The van der Waals surface area contributed by atoms with Crippen LogP contribution in [0.15, 0.2) is 36.4 Å². The zero-order valence-electron chi connectivity index (χ0n) is 17.2. The van der Waals surface area contributed by atoms with Gasteiger partial charge in [0.05, 0.1) is 25.3 Å². The summed E-state index contributed by atoms with van der Waals surface area (Å²) in [6.07, 6.45) is -0.320. The van der Waals surface area contributed by atoms with Gasteiger partial charge in [0.15, 0.2) is 6.10 Å². The van der Waals surface area contributed by atoms with Crippen molar-refractivity contribution < 1.29 is 28.6 Å². The van der Waals surface area contributed by atoms with Gasteiger partial charge < -0.3 is 19.5 Å². The third-order valence-corrected chi connectivity index (χ3v) is 4.46. The highest BCUT2D eigenvalue weighted by atomic mass is 16.5. The molecule has 0 bridgehead atoms. The second-order valence-corrected chi connectivity index (χ2v) is 6.53. The van der Waals surface area contributed by atoms with Crippen molar-refractivity contribution in [2.45, 2.75) is 33.3 Å². The summed E-state index contributed by atoms with van der Waals surface area (Å²) in [5.41, 5.74) is 2.69. The fraction of sp³-hybridized carbons (Fsp3) is 0.318. The van der Waals surface area contributed by atoms with E-state index in [0.717, 1.165) is 11.1 Å². The molecule has 29 heavy (non-hydrogen) atoms. The molecule has 0 saturated carbocycles. The number of methoxy groups -OCH3 is 2. The first kappa shape index (κ1) is 21.9. The Morgan fingerprint density at radius 1 is 0.897 bits per heavy atom. The van der Waals surface area contributed by atoms with Crippen LogP contribution in [0.1, 0.15) is 45.2 Å². The van der Waals surface area contributed by atoms with Crippen LogP contribution in [0.3, 0.4) is 0 Å². The Kier molecular flexibility index (Phi) is 7.36. The summed E-state index contributed by atoms with van der Waals surface area (Å²) in [6.45, 7) is 5.79. The van der Waals surface area contributed by atoms with E-state index in [9.17, 15) is 14.4 Å². The van der Waals surface area contributed by atoms with Crippen molar-refractivity contribution in [3.8, 4) is 5.75 Å². The summed E-state index contributed by atoms with van der Waals surface area (Å²) < 4.78 is 15.2. The molecular formula is C22H25NO6. The molecular weight excluding hydrogens is 374 g/mol. The van der Waals surface area contributed by atoms with E-state index in [1.165, 1.54) is 32.4 Å². The molecule has 0 aliphatic carbocycles. The number of rotatable bonds is 7. The van der Waals surface area contributed by atoms with Crippen LogP contribution in [-0.2, 0) is 14.3 Å².